The van der Waals surface area contributed by atoms with Crippen LogP contribution in [0.25, 0.3) is 0 Å². The average Bonchev–Trinajstić information content (AvgIpc) is 2.34. The first-order chi connectivity index (χ1) is 8.15. The summed E-state index contributed by atoms with van der Waals surface area (Å²) in [4.78, 5) is 0. The van der Waals surface area contributed by atoms with Gasteiger partial charge in [0.2, 0.25) is 0 Å². The molecule has 0 bridgehead atoms. The van der Waals surface area contributed by atoms with Crippen molar-refractivity contribution >= 4 is 0 Å². The third-order valence-corrected chi connectivity index (χ3v) is 3.15. The number of phenols is 1. The number of aromatic hydroxyl groups is 1. The Morgan fingerprint density at radius 3 is 2.53 bits per heavy atom. The van der Waals surface area contributed by atoms with Gasteiger partial charge in [-0.1, -0.05) is 0 Å². The Hall–Kier alpha value is -1.36. The maximum absolute atomic E-state index is 13.6. The van der Waals surface area contributed by atoms with Crippen molar-refractivity contribution in [1.82, 2.24) is 5.32 Å². The molecule has 2 rings (SSSR count). The van der Waals surface area contributed by atoms with Crippen LogP contribution in [0.4, 0.5) is 8.78 Å². The van der Waals surface area contributed by atoms with Crippen LogP contribution in [0, 0.1) is 11.6 Å². The molecule has 0 radical (unpaired) electrons. The summed E-state index contributed by atoms with van der Waals surface area (Å²) >= 11 is 0. The molecule has 0 aromatic heterocycles. The normalized spacial score (nSPS) is 17.1. The second-order valence-corrected chi connectivity index (χ2v) is 4.16. The molecule has 1 aliphatic heterocycles. The Morgan fingerprint density at radius 2 is 1.94 bits per heavy atom. The number of benzene rings is 1. The Labute approximate surface area is 98.4 Å². The first kappa shape index (κ1) is 12.1. The monoisotopic (exact) mass is 243 g/mol. The zero-order chi connectivity index (χ0) is 12.4. The molecule has 1 heterocycles. The predicted molar refractivity (Wildman–Crippen MR) is 59.4 cm³/mol. The Balaban J connectivity index is 2.48. The van der Waals surface area contributed by atoms with Crippen LogP contribution in [0.3, 0.4) is 0 Å². The number of piperidine rings is 1. The van der Waals surface area contributed by atoms with E-state index in [9.17, 15) is 13.9 Å². The summed E-state index contributed by atoms with van der Waals surface area (Å²) in [5, 5.41) is 12.9. The lowest BCUT2D eigenvalue weighted by Crippen LogP contribution is -2.27. The SMILES string of the molecule is COc1c(F)cc(F)c(O)c1C1CCNCC1. The number of rotatable bonds is 2. The lowest BCUT2D eigenvalue weighted by molar-refractivity contribution is 0.344. The maximum Gasteiger partial charge on any atom is 0.168 e. The van der Waals surface area contributed by atoms with Crippen LogP contribution in [0.15, 0.2) is 6.07 Å². The standard InChI is InChI=1S/C12H15F2NO2/c1-17-12-9(14)6-8(13)11(16)10(12)7-2-4-15-5-3-7/h6-7,15-16H,2-5H2,1H3. The van der Waals surface area contributed by atoms with Crippen molar-refractivity contribution in [1.29, 1.82) is 0 Å². The van der Waals surface area contributed by atoms with Crippen molar-refractivity contribution in [3.05, 3.63) is 23.3 Å². The van der Waals surface area contributed by atoms with Gasteiger partial charge in [-0.15, -0.1) is 0 Å². The number of ether oxygens (including phenoxy) is 1. The van der Waals surface area contributed by atoms with Crippen LogP contribution >= 0.6 is 0 Å². The van der Waals surface area contributed by atoms with Gasteiger partial charge in [0.15, 0.2) is 23.1 Å². The van der Waals surface area contributed by atoms with Gasteiger partial charge in [0, 0.05) is 11.6 Å². The third-order valence-electron chi connectivity index (χ3n) is 3.15. The minimum Gasteiger partial charge on any atom is -0.505 e. The molecule has 94 valence electrons. The summed E-state index contributed by atoms with van der Waals surface area (Å²) < 4.78 is 31.8. The summed E-state index contributed by atoms with van der Waals surface area (Å²) in [6.45, 7) is 1.54. The maximum atomic E-state index is 13.6. The van der Waals surface area contributed by atoms with Gasteiger partial charge in [-0.3, -0.25) is 0 Å². The minimum atomic E-state index is -0.933. The smallest absolute Gasteiger partial charge is 0.168 e. The highest BCUT2D eigenvalue weighted by molar-refractivity contribution is 5.48. The molecule has 0 amide bonds. The van der Waals surface area contributed by atoms with Crippen molar-refractivity contribution in [3.63, 3.8) is 0 Å². The Morgan fingerprint density at radius 1 is 1.29 bits per heavy atom. The number of hydrogen-bond donors (Lipinski definition) is 2. The topological polar surface area (TPSA) is 41.5 Å². The molecule has 3 nitrogen and oxygen atoms in total. The van der Waals surface area contributed by atoms with Gasteiger partial charge in [0.05, 0.1) is 7.11 Å². The van der Waals surface area contributed by atoms with E-state index in [0.29, 0.717) is 6.07 Å². The molecular formula is C12H15F2NO2. The van der Waals surface area contributed by atoms with Gasteiger partial charge in [-0.2, -0.15) is 0 Å². The first-order valence-corrected chi connectivity index (χ1v) is 5.60. The van der Waals surface area contributed by atoms with E-state index < -0.39 is 17.4 Å². The van der Waals surface area contributed by atoms with E-state index in [4.69, 9.17) is 4.74 Å². The van der Waals surface area contributed by atoms with Gasteiger partial charge in [0.25, 0.3) is 0 Å². The minimum absolute atomic E-state index is 0.0456. The molecule has 1 aromatic carbocycles. The van der Waals surface area contributed by atoms with E-state index in [-0.39, 0.29) is 17.2 Å². The van der Waals surface area contributed by atoms with Crippen LogP contribution in [-0.4, -0.2) is 25.3 Å². The molecule has 0 unspecified atom stereocenters. The number of phenolic OH excluding ortho intramolecular Hbond substituents is 1. The van der Waals surface area contributed by atoms with E-state index in [0.717, 1.165) is 25.9 Å². The van der Waals surface area contributed by atoms with E-state index in [2.05, 4.69) is 5.32 Å². The van der Waals surface area contributed by atoms with Crippen molar-refractivity contribution < 1.29 is 18.6 Å². The number of methoxy groups -OCH3 is 1. The van der Waals surface area contributed by atoms with Gasteiger partial charge in [0.1, 0.15) is 0 Å². The van der Waals surface area contributed by atoms with Crippen LogP contribution in [0.5, 0.6) is 11.5 Å². The Kier molecular flexibility index (Phi) is 3.47. The lowest BCUT2D eigenvalue weighted by Gasteiger charge is -2.25. The molecule has 1 aromatic rings. The van der Waals surface area contributed by atoms with Gasteiger partial charge >= 0.3 is 0 Å². The molecule has 0 aliphatic carbocycles. The average molecular weight is 243 g/mol. The van der Waals surface area contributed by atoms with Crippen molar-refractivity contribution in [2.75, 3.05) is 20.2 Å². The first-order valence-electron chi connectivity index (χ1n) is 5.60. The van der Waals surface area contributed by atoms with Crippen LogP contribution < -0.4 is 10.1 Å². The van der Waals surface area contributed by atoms with E-state index >= 15 is 0 Å². The molecule has 0 atom stereocenters. The van der Waals surface area contributed by atoms with E-state index in [1.807, 2.05) is 0 Å². The number of halogens is 2. The van der Waals surface area contributed by atoms with Crippen LogP contribution in [-0.2, 0) is 0 Å². The van der Waals surface area contributed by atoms with Crippen LogP contribution in [0.1, 0.15) is 24.3 Å². The molecule has 17 heavy (non-hydrogen) atoms. The zero-order valence-corrected chi connectivity index (χ0v) is 9.59. The largest absolute Gasteiger partial charge is 0.505 e. The third kappa shape index (κ3) is 2.20. The molecule has 1 fully saturated rings. The summed E-state index contributed by atoms with van der Waals surface area (Å²) in [7, 11) is 1.32. The highest BCUT2D eigenvalue weighted by atomic mass is 19.1. The fraction of sp³-hybridized carbons (Fsp3) is 0.500. The summed E-state index contributed by atoms with van der Waals surface area (Å²) in [6.07, 6.45) is 1.46. The highest BCUT2D eigenvalue weighted by Gasteiger charge is 2.27. The molecule has 2 N–H and O–H groups in total. The quantitative estimate of drug-likeness (QED) is 0.836. The summed E-state index contributed by atoms with van der Waals surface area (Å²) in [6, 6.07) is 0.652. The van der Waals surface area contributed by atoms with E-state index in [1.165, 1.54) is 7.11 Å². The number of hydrogen-bond acceptors (Lipinski definition) is 3. The van der Waals surface area contributed by atoms with Gasteiger partial charge < -0.3 is 15.2 Å². The van der Waals surface area contributed by atoms with Gasteiger partial charge in [-0.25, -0.2) is 8.78 Å². The van der Waals surface area contributed by atoms with Crippen LogP contribution in [0.2, 0.25) is 0 Å². The number of nitrogens with one attached hydrogen (secondary N) is 1. The fourth-order valence-electron chi connectivity index (χ4n) is 2.31. The molecule has 5 heteroatoms. The molecule has 0 spiro atoms. The summed E-state index contributed by atoms with van der Waals surface area (Å²) in [5.41, 5.74) is 0.256. The predicted octanol–water partition coefficient (Wildman–Crippen LogP) is 2.15. The highest BCUT2D eigenvalue weighted by Crippen LogP contribution is 2.41. The zero-order valence-electron chi connectivity index (χ0n) is 9.59. The fourth-order valence-corrected chi connectivity index (χ4v) is 2.31. The van der Waals surface area contributed by atoms with Gasteiger partial charge in [-0.05, 0) is 31.8 Å². The Bertz CT molecular complexity index is 417. The molecular weight excluding hydrogens is 228 g/mol. The van der Waals surface area contributed by atoms with Crippen molar-refractivity contribution in [2.45, 2.75) is 18.8 Å². The molecule has 0 saturated carbocycles. The second-order valence-electron chi connectivity index (χ2n) is 4.16. The van der Waals surface area contributed by atoms with Crippen molar-refractivity contribution in [3.8, 4) is 11.5 Å². The molecule has 1 saturated heterocycles. The molecule has 1 aliphatic rings. The lowest BCUT2D eigenvalue weighted by atomic mass is 9.88. The second kappa shape index (κ2) is 4.87. The van der Waals surface area contributed by atoms with Crippen molar-refractivity contribution in [2.24, 2.45) is 0 Å². The van der Waals surface area contributed by atoms with E-state index in [1.54, 1.807) is 0 Å². The summed E-state index contributed by atoms with van der Waals surface area (Å²) in [5.74, 6) is -2.31.